The predicted octanol–water partition coefficient (Wildman–Crippen LogP) is 1.22. The molecule has 0 aliphatic heterocycles. The van der Waals surface area contributed by atoms with Gasteiger partial charge in [0.05, 0.1) is 6.20 Å². The van der Waals surface area contributed by atoms with Crippen LogP contribution in [-0.4, -0.2) is 24.9 Å². The summed E-state index contributed by atoms with van der Waals surface area (Å²) in [5, 5.41) is 8.00. The highest BCUT2D eigenvalue weighted by Gasteiger charge is 2.19. The highest BCUT2D eigenvalue weighted by atomic mass is 16.5. The first kappa shape index (κ1) is 12.5. The van der Waals surface area contributed by atoms with Gasteiger partial charge in [0.1, 0.15) is 11.7 Å². The Morgan fingerprint density at radius 2 is 2.15 bits per heavy atom. The van der Waals surface area contributed by atoms with Gasteiger partial charge in [0.15, 0.2) is 0 Å². The Morgan fingerprint density at radius 3 is 2.85 bits per heavy atom. The van der Waals surface area contributed by atoms with Crippen molar-refractivity contribution in [2.75, 3.05) is 0 Å². The van der Waals surface area contributed by atoms with Crippen LogP contribution in [0.1, 0.15) is 23.2 Å². The molecule has 3 heterocycles. The first-order valence-electron chi connectivity index (χ1n) is 6.15. The number of hydrogen-bond acceptors (Lipinski definition) is 6. The Labute approximate surface area is 115 Å². The van der Waals surface area contributed by atoms with Crippen LogP contribution in [0, 0.1) is 6.92 Å². The molecule has 0 amide bonds. The average molecular weight is 270 g/mol. The Bertz CT molecular complexity index is 732. The minimum Gasteiger partial charge on any atom is -0.337 e. The molecule has 1 atom stereocenters. The predicted molar refractivity (Wildman–Crippen MR) is 71.5 cm³/mol. The lowest BCUT2D eigenvalue weighted by atomic mass is 10.2. The van der Waals surface area contributed by atoms with Gasteiger partial charge in [-0.15, -0.1) is 0 Å². The van der Waals surface area contributed by atoms with E-state index in [0.717, 1.165) is 11.3 Å². The summed E-state index contributed by atoms with van der Waals surface area (Å²) in [6.07, 6.45) is 3.50. The van der Waals surface area contributed by atoms with E-state index in [1.165, 1.54) is 0 Å². The van der Waals surface area contributed by atoms with E-state index in [2.05, 4.69) is 20.2 Å². The first-order chi connectivity index (χ1) is 9.63. The fraction of sp³-hybridized carbons (Fsp3) is 0.231. The smallest absolute Gasteiger partial charge is 0.248 e. The molecule has 0 aliphatic rings. The molecule has 0 saturated carbocycles. The lowest BCUT2D eigenvalue weighted by molar-refractivity contribution is 0.367. The second-order valence-corrected chi connectivity index (χ2v) is 4.55. The topological polar surface area (TPSA) is 95.7 Å². The molecule has 7 heteroatoms. The molecule has 7 nitrogen and oxygen atoms in total. The van der Waals surface area contributed by atoms with Gasteiger partial charge in [0, 0.05) is 24.5 Å². The number of pyridine rings is 1. The number of hydrogen-bond donors (Lipinski definition) is 1. The number of nitrogens with two attached hydrogens (primary N) is 1. The van der Waals surface area contributed by atoms with Crippen LogP contribution in [0.3, 0.4) is 0 Å². The molecule has 0 radical (unpaired) electrons. The molecular formula is C13H14N6O. The van der Waals surface area contributed by atoms with Gasteiger partial charge in [-0.1, -0.05) is 11.2 Å². The molecule has 0 bridgehead atoms. The molecule has 0 aromatic carbocycles. The maximum Gasteiger partial charge on any atom is 0.248 e. The van der Waals surface area contributed by atoms with E-state index in [-0.39, 0.29) is 0 Å². The first-order valence-corrected chi connectivity index (χ1v) is 6.15. The van der Waals surface area contributed by atoms with Crippen molar-refractivity contribution in [1.29, 1.82) is 0 Å². The molecule has 0 aliphatic carbocycles. The molecule has 102 valence electrons. The fourth-order valence-corrected chi connectivity index (χ4v) is 1.88. The normalized spacial score (nSPS) is 12.6. The highest BCUT2D eigenvalue weighted by Crippen LogP contribution is 2.20. The van der Waals surface area contributed by atoms with Crippen molar-refractivity contribution in [1.82, 2.24) is 24.9 Å². The van der Waals surface area contributed by atoms with Crippen molar-refractivity contribution >= 4 is 0 Å². The van der Waals surface area contributed by atoms with Crippen molar-refractivity contribution in [3.05, 3.63) is 47.7 Å². The van der Waals surface area contributed by atoms with Crippen LogP contribution in [0.15, 0.2) is 35.1 Å². The van der Waals surface area contributed by atoms with Crippen LogP contribution >= 0.6 is 0 Å². The van der Waals surface area contributed by atoms with E-state index >= 15 is 0 Å². The maximum atomic E-state index is 6.08. The van der Waals surface area contributed by atoms with Gasteiger partial charge in [-0.05, 0) is 19.1 Å². The van der Waals surface area contributed by atoms with Crippen LogP contribution in [-0.2, 0) is 7.05 Å². The summed E-state index contributed by atoms with van der Waals surface area (Å²) in [6.45, 7) is 1.91. The summed E-state index contributed by atoms with van der Waals surface area (Å²) in [4.78, 5) is 8.66. The molecule has 3 aromatic heterocycles. The van der Waals surface area contributed by atoms with E-state index in [1.54, 1.807) is 10.9 Å². The lowest BCUT2D eigenvalue weighted by Crippen LogP contribution is -2.11. The number of nitrogens with zero attached hydrogens (tertiary/aromatic N) is 5. The van der Waals surface area contributed by atoms with Crippen molar-refractivity contribution < 1.29 is 4.52 Å². The monoisotopic (exact) mass is 270 g/mol. The van der Waals surface area contributed by atoms with Gasteiger partial charge in [-0.25, -0.2) is 4.98 Å². The van der Waals surface area contributed by atoms with Crippen LogP contribution in [0.25, 0.3) is 11.5 Å². The molecular weight excluding hydrogens is 256 g/mol. The van der Waals surface area contributed by atoms with Crippen molar-refractivity contribution in [2.45, 2.75) is 13.0 Å². The second kappa shape index (κ2) is 4.86. The molecule has 1 unspecified atom stereocenters. The molecule has 3 aromatic rings. The van der Waals surface area contributed by atoms with Gasteiger partial charge < -0.3 is 10.3 Å². The third kappa shape index (κ3) is 2.30. The Balaban J connectivity index is 1.90. The minimum absolute atomic E-state index is 0.344. The number of aryl methyl sites for hydroxylation is 2. The zero-order chi connectivity index (χ0) is 14.1. The largest absolute Gasteiger partial charge is 0.337 e. The molecule has 3 rings (SSSR count). The van der Waals surface area contributed by atoms with Crippen LogP contribution in [0.2, 0.25) is 0 Å². The van der Waals surface area contributed by atoms with Crippen LogP contribution in [0.5, 0.6) is 0 Å². The van der Waals surface area contributed by atoms with Gasteiger partial charge in [0.2, 0.25) is 11.7 Å². The second-order valence-electron chi connectivity index (χ2n) is 4.55. The zero-order valence-corrected chi connectivity index (χ0v) is 11.2. The average Bonchev–Trinajstić information content (AvgIpc) is 3.07. The Kier molecular flexibility index (Phi) is 3.03. The Hall–Kier alpha value is -2.54. The van der Waals surface area contributed by atoms with Crippen molar-refractivity contribution in [3.63, 3.8) is 0 Å². The lowest BCUT2D eigenvalue weighted by Gasteiger charge is -2.01. The maximum absolute atomic E-state index is 6.08. The summed E-state index contributed by atoms with van der Waals surface area (Å²) < 4.78 is 6.90. The summed E-state index contributed by atoms with van der Waals surface area (Å²) in [5.41, 5.74) is 8.46. The van der Waals surface area contributed by atoms with Gasteiger partial charge in [-0.3, -0.25) is 4.68 Å². The third-order valence-electron chi connectivity index (χ3n) is 2.91. The number of rotatable bonds is 3. The van der Waals surface area contributed by atoms with Crippen LogP contribution in [0.4, 0.5) is 0 Å². The molecule has 2 N–H and O–H groups in total. The van der Waals surface area contributed by atoms with E-state index in [9.17, 15) is 0 Å². The standard InChI is InChI=1S/C13H14N6O/c1-8-4-3-5-10(16-8)12-17-13(20-18-12)11(14)9-6-15-19(2)7-9/h3-7,11H,14H2,1-2H3. The van der Waals surface area contributed by atoms with Gasteiger partial charge >= 0.3 is 0 Å². The van der Waals surface area contributed by atoms with E-state index in [1.807, 2.05) is 38.4 Å². The molecule has 0 saturated heterocycles. The molecule has 0 spiro atoms. The van der Waals surface area contributed by atoms with Gasteiger partial charge in [0.25, 0.3) is 0 Å². The third-order valence-corrected chi connectivity index (χ3v) is 2.91. The summed E-state index contributed by atoms with van der Waals surface area (Å²) in [5.74, 6) is 0.777. The molecule has 0 fully saturated rings. The summed E-state index contributed by atoms with van der Waals surface area (Å²) in [6, 6.07) is 5.15. The van der Waals surface area contributed by atoms with E-state index in [4.69, 9.17) is 10.3 Å². The quantitative estimate of drug-likeness (QED) is 0.768. The summed E-state index contributed by atoms with van der Waals surface area (Å²) in [7, 11) is 1.83. The van der Waals surface area contributed by atoms with E-state index < -0.39 is 6.04 Å². The summed E-state index contributed by atoms with van der Waals surface area (Å²) >= 11 is 0. The number of aromatic nitrogens is 5. The SMILES string of the molecule is Cc1cccc(-c2noc(C(N)c3cnn(C)c3)n2)n1. The van der Waals surface area contributed by atoms with E-state index in [0.29, 0.717) is 17.4 Å². The van der Waals surface area contributed by atoms with Crippen molar-refractivity contribution in [2.24, 2.45) is 12.8 Å². The van der Waals surface area contributed by atoms with Crippen LogP contribution < -0.4 is 5.73 Å². The van der Waals surface area contributed by atoms with Gasteiger partial charge in [-0.2, -0.15) is 10.1 Å². The zero-order valence-electron chi connectivity index (χ0n) is 11.2. The Morgan fingerprint density at radius 1 is 1.30 bits per heavy atom. The fourth-order valence-electron chi connectivity index (χ4n) is 1.88. The highest BCUT2D eigenvalue weighted by molar-refractivity contribution is 5.48. The van der Waals surface area contributed by atoms with Crippen molar-refractivity contribution in [3.8, 4) is 11.5 Å². The minimum atomic E-state index is -0.491. The molecule has 20 heavy (non-hydrogen) atoms.